The van der Waals surface area contributed by atoms with E-state index in [2.05, 4.69) is 10.1 Å². The van der Waals surface area contributed by atoms with E-state index < -0.39 is 18.5 Å². The number of ether oxygens (including phenoxy) is 2. The Kier molecular flexibility index (Phi) is 6.88. The molecule has 2 aromatic rings. The molecule has 0 aliphatic rings. The van der Waals surface area contributed by atoms with E-state index in [0.29, 0.717) is 17.8 Å². The largest absolute Gasteiger partial charge is 0.451 e. The first-order chi connectivity index (χ1) is 11.9. The van der Waals surface area contributed by atoms with Crippen molar-refractivity contribution in [3.05, 3.63) is 51.7 Å². The minimum absolute atomic E-state index is 0.0820. The van der Waals surface area contributed by atoms with Gasteiger partial charge >= 0.3 is 12.6 Å². The van der Waals surface area contributed by atoms with Crippen LogP contribution in [0.2, 0.25) is 0 Å². The molecular formula is C17H17F2NO4S. The van der Waals surface area contributed by atoms with Crippen molar-refractivity contribution in [2.45, 2.75) is 20.0 Å². The number of carbonyl (C=O) groups excluding carboxylic acids is 2. The Labute approximate surface area is 147 Å². The molecule has 134 valence electrons. The van der Waals surface area contributed by atoms with Crippen LogP contribution in [0, 0.1) is 6.92 Å². The molecule has 2 rings (SSSR count). The molecule has 0 atom stereocenters. The average molecular weight is 369 g/mol. The molecule has 5 nitrogen and oxygen atoms in total. The van der Waals surface area contributed by atoms with Gasteiger partial charge in [0.1, 0.15) is 10.6 Å². The summed E-state index contributed by atoms with van der Waals surface area (Å²) in [5.74, 6) is -0.847. The lowest BCUT2D eigenvalue weighted by Gasteiger charge is -2.07. The van der Waals surface area contributed by atoms with Gasteiger partial charge in [0.25, 0.3) is 5.91 Å². The molecule has 0 saturated heterocycles. The first kappa shape index (κ1) is 18.9. The Morgan fingerprint density at radius 2 is 1.88 bits per heavy atom. The fourth-order valence-corrected chi connectivity index (χ4v) is 2.74. The molecule has 1 heterocycles. The van der Waals surface area contributed by atoms with E-state index in [1.807, 2.05) is 6.92 Å². The number of aryl methyl sites for hydroxylation is 1. The van der Waals surface area contributed by atoms with Gasteiger partial charge in [-0.2, -0.15) is 8.78 Å². The minimum Gasteiger partial charge on any atom is -0.451 e. The Hall–Kier alpha value is -2.48. The predicted octanol–water partition coefficient (Wildman–Crippen LogP) is 3.17. The van der Waals surface area contributed by atoms with Gasteiger partial charge in [0.15, 0.2) is 6.61 Å². The zero-order chi connectivity index (χ0) is 18.2. The number of halogens is 2. The summed E-state index contributed by atoms with van der Waals surface area (Å²) in [7, 11) is 0. The summed E-state index contributed by atoms with van der Waals surface area (Å²) < 4.78 is 33.3. The van der Waals surface area contributed by atoms with Crippen molar-refractivity contribution in [2.24, 2.45) is 0 Å². The van der Waals surface area contributed by atoms with Crippen LogP contribution in [0.25, 0.3) is 0 Å². The van der Waals surface area contributed by atoms with Crippen LogP contribution in [-0.4, -0.2) is 31.6 Å². The summed E-state index contributed by atoms with van der Waals surface area (Å²) in [6.07, 6.45) is 0.513. The smallest absolute Gasteiger partial charge is 0.387 e. The maximum atomic E-state index is 12.0. The SMILES string of the molecule is Cc1ccc(C(=O)OCC(=O)NCCc2ccc(OC(F)F)cc2)s1. The normalized spacial score (nSPS) is 10.6. The topological polar surface area (TPSA) is 64.6 Å². The lowest BCUT2D eigenvalue weighted by molar-refractivity contribution is -0.124. The summed E-state index contributed by atoms with van der Waals surface area (Å²) in [5.41, 5.74) is 0.855. The van der Waals surface area contributed by atoms with Crippen molar-refractivity contribution < 1.29 is 27.8 Å². The lowest BCUT2D eigenvalue weighted by Crippen LogP contribution is -2.30. The van der Waals surface area contributed by atoms with Gasteiger partial charge in [0.2, 0.25) is 0 Å². The second kappa shape index (κ2) is 9.12. The lowest BCUT2D eigenvalue weighted by atomic mass is 10.1. The Bertz CT molecular complexity index is 716. The van der Waals surface area contributed by atoms with Crippen LogP contribution in [-0.2, 0) is 16.0 Å². The summed E-state index contributed by atoms with van der Waals surface area (Å²) in [4.78, 5) is 24.8. The Balaban J connectivity index is 1.67. The minimum atomic E-state index is -2.86. The number of nitrogens with one attached hydrogen (secondary N) is 1. The summed E-state index contributed by atoms with van der Waals surface area (Å²) >= 11 is 1.30. The fraction of sp³-hybridized carbons (Fsp3) is 0.294. The molecule has 0 aliphatic heterocycles. The van der Waals surface area contributed by atoms with E-state index in [4.69, 9.17) is 4.74 Å². The highest BCUT2D eigenvalue weighted by Crippen LogP contribution is 2.16. The van der Waals surface area contributed by atoms with Crippen molar-refractivity contribution in [3.63, 3.8) is 0 Å². The standard InChI is InChI=1S/C17H17F2NO4S/c1-11-2-7-14(25-11)16(22)23-10-15(21)20-9-8-12-3-5-13(6-4-12)24-17(18)19/h2-7,17H,8-10H2,1H3,(H,20,21). The summed E-state index contributed by atoms with van der Waals surface area (Å²) in [6.45, 7) is -0.994. The van der Waals surface area contributed by atoms with Gasteiger partial charge in [-0.3, -0.25) is 4.79 Å². The monoisotopic (exact) mass is 369 g/mol. The van der Waals surface area contributed by atoms with Gasteiger partial charge in [0, 0.05) is 11.4 Å². The molecule has 0 unspecified atom stereocenters. The van der Waals surface area contributed by atoms with Gasteiger partial charge in [-0.1, -0.05) is 12.1 Å². The van der Waals surface area contributed by atoms with E-state index in [1.165, 1.54) is 23.5 Å². The molecule has 25 heavy (non-hydrogen) atoms. The van der Waals surface area contributed by atoms with Crippen LogP contribution in [0.4, 0.5) is 8.78 Å². The van der Waals surface area contributed by atoms with Crippen molar-refractivity contribution in [1.29, 1.82) is 0 Å². The number of alkyl halides is 2. The van der Waals surface area contributed by atoms with Crippen molar-refractivity contribution >= 4 is 23.2 Å². The predicted molar refractivity (Wildman–Crippen MR) is 89.1 cm³/mol. The first-order valence-electron chi connectivity index (χ1n) is 7.48. The van der Waals surface area contributed by atoms with Gasteiger partial charge in [-0.05, 0) is 43.2 Å². The Morgan fingerprint density at radius 3 is 2.48 bits per heavy atom. The van der Waals surface area contributed by atoms with Crippen LogP contribution in [0.5, 0.6) is 5.75 Å². The van der Waals surface area contributed by atoms with E-state index in [-0.39, 0.29) is 12.4 Å². The second-order valence-corrected chi connectivity index (χ2v) is 6.40. The second-order valence-electron chi connectivity index (χ2n) is 5.11. The number of thiophene rings is 1. The third-order valence-electron chi connectivity index (χ3n) is 3.16. The summed E-state index contributed by atoms with van der Waals surface area (Å²) in [5, 5.41) is 2.63. The van der Waals surface area contributed by atoms with Crippen LogP contribution in [0.3, 0.4) is 0 Å². The van der Waals surface area contributed by atoms with Crippen molar-refractivity contribution in [3.8, 4) is 5.75 Å². The molecular weight excluding hydrogens is 352 g/mol. The van der Waals surface area contributed by atoms with E-state index in [9.17, 15) is 18.4 Å². The zero-order valence-electron chi connectivity index (χ0n) is 13.5. The molecule has 0 radical (unpaired) electrons. The Morgan fingerprint density at radius 1 is 1.16 bits per heavy atom. The van der Waals surface area contributed by atoms with Gasteiger partial charge in [-0.15, -0.1) is 11.3 Å². The molecule has 8 heteroatoms. The molecule has 1 N–H and O–H groups in total. The molecule has 0 spiro atoms. The number of rotatable bonds is 8. The van der Waals surface area contributed by atoms with Crippen molar-refractivity contribution in [2.75, 3.05) is 13.2 Å². The number of benzene rings is 1. The molecule has 0 fully saturated rings. The zero-order valence-corrected chi connectivity index (χ0v) is 14.3. The molecule has 0 bridgehead atoms. The molecule has 0 aliphatic carbocycles. The maximum Gasteiger partial charge on any atom is 0.387 e. The average Bonchev–Trinajstić information content (AvgIpc) is 3.00. The highest BCUT2D eigenvalue weighted by Gasteiger charge is 2.11. The molecule has 1 amide bonds. The first-order valence-corrected chi connectivity index (χ1v) is 8.29. The molecule has 0 saturated carbocycles. The number of esters is 1. The quantitative estimate of drug-likeness (QED) is 0.726. The third kappa shape index (κ3) is 6.50. The van der Waals surface area contributed by atoms with Gasteiger partial charge in [0.05, 0.1) is 0 Å². The van der Waals surface area contributed by atoms with Crippen LogP contribution < -0.4 is 10.1 Å². The highest BCUT2D eigenvalue weighted by molar-refractivity contribution is 7.13. The maximum absolute atomic E-state index is 12.0. The van der Waals surface area contributed by atoms with Gasteiger partial charge in [-0.25, -0.2) is 4.79 Å². The van der Waals surface area contributed by atoms with E-state index in [1.54, 1.807) is 24.3 Å². The number of carbonyl (C=O) groups is 2. The van der Waals surface area contributed by atoms with E-state index in [0.717, 1.165) is 10.4 Å². The summed E-state index contributed by atoms with van der Waals surface area (Å²) in [6, 6.07) is 9.62. The molecule has 1 aromatic carbocycles. The third-order valence-corrected chi connectivity index (χ3v) is 4.14. The highest BCUT2D eigenvalue weighted by atomic mass is 32.1. The van der Waals surface area contributed by atoms with E-state index >= 15 is 0 Å². The van der Waals surface area contributed by atoms with Crippen LogP contribution in [0.1, 0.15) is 20.1 Å². The van der Waals surface area contributed by atoms with Crippen LogP contribution in [0.15, 0.2) is 36.4 Å². The number of hydrogen-bond donors (Lipinski definition) is 1. The van der Waals surface area contributed by atoms with Gasteiger partial charge < -0.3 is 14.8 Å². The number of hydrogen-bond acceptors (Lipinski definition) is 5. The number of amides is 1. The van der Waals surface area contributed by atoms with Crippen molar-refractivity contribution in [1.82, 2.24) is 5.32 Å². The fourth-order valence-electron chi connectivity index (χ4n) is 1.98. The van der Waals surface area contributed by atoms with Crippen LogP contribution >= 0.6 is 11.3 Å². The molecule has 1 aromatic heterocycles.